The highest BCUT2D eigenvalue weighted by Crippen LogP contribution is 2.27. The topological polar surface area (TPSA) is 55.1 Å². The predicted octanol–water partition coefficient (Wildman–Crippen LogP) is 4.87. The van der Waals surface area contributed by atoms with Crippen LogP contribution in [0.15, 0.2) is 71.3 Å². The fourth-order valence-electron chi connectivity index (χ4n) is 3.01. The molecule has 0 saturated carbocycles. The van der Waals surface area contributed by atoms with Gasteiger partial charge in [-0.2, -0.15) is 0 Å². The van der Waals surface area contributed by atoms with Crippen LogP contribution in [0.2, 0.25) is 0 Å². The second-order valence-corrected chi connectivity index (χ2v) is 6.32. The van der Waals surface area contributed by atoms with Crippen molar-refractivity contribution in [2.45, 2.75) is 13.5 Å². The lowest BCUT2D eigenvalue weighted by molar-refractivity contribution is 0.0949. The Hall–Kier alpha value is -3.47. The van der Waals surface area contributed by atoms with Crippen molar-refractivity contribution in [3.05, 3.63) is 89.6 Å². The third kappa shape index (κ3) is 3.44. The molecule has 0 bridgehead atoms. The number of pyridine rings is 1. The number of furan rings is 1. The molecule has 0 saturated heterocycles. The van der Waals surface area contributed by atoms with E-state index >= 15 is 0 Å². The maximum atomic E-state index is 14.3. The molecule has 1 amide bonds. The maximum absolute atomic E-state index is 14.3. The van der Waals surface area contributed by atoms with E-state index in [0.717, 1.165) is 10.9 Å². The van der Waals surface area contributed by atoms with E-state index in [0.29, 0.717) is 28.1 Å². The largest absolute Gasteiger partial charge is 0.467 e. The van der Waals surface area contributed by atoms with Crippen LogP contribution >= 0.6 is 0 Å². The van der Waals surface area contributed by atoms with Crippen molar-refractivity contribution in [3.8, 4) is 11.3 Å². The summed E-state index contributed by atoms with van der Waals surface area (Å²) in [6, 6.07) is 17.3. The molecule has 0 spiro atoms. The number of nitrogens with one attached hydrogen (secondary N) is 1. The highest BCUT2D eigenvalue weighted by molar-refractivity contribution is 6.07. The smallest absolute Gasteiger partial charge is 0.252 e. The molecule has 0 aliphatic heterocycles. The van der Waals surface area contributed by atoms with Gasteiger partial charge in [-0.15, -0.1) is 0 Å². The Bertz CT molecular complexity index is 1120. The molecule has 2 aromatic carbocycles. The second-order valence-electron chi connectivity index (χ2n) is 6.32. The van der Waals surface area contributed by atoms with Crippen molar-refractivity contribution in [2.24, 2.45) is 0 Å². The molecule has 0 radical (unpaired) electrons. The minimum atomic E-state index is -0.376. The van der Waals surface area contributed by atoms with Gasteiger partial charge in [-0.3, -0.25) is 4.79 Å². The monoisotopic (exact) mass is 360 g/mol. The van der Waals surface area contributed by atoms with Crippen LogP contribution in [0.3, 0.4) is 0 Å². The first kappa shape index (κ1) is 17.0. The number of nitrogens with zero attached hydrogens (tertiary/aromatic N) is 1. The van der Waals surface area contributed by atoms with Crippen LogP contribution in [-0.2, 0) is 6.54 Å². The third-order valence-electron chi connectivity index (χ3n) is 4.36. The number of carbonyl (C=O) groups is 1. The molecule has 1 N–H and O–H groups in total. The quantitative estimate of drug-likeness (QED) is 0.565. The van der Waals surface area contributed by atoms with Gasteiger partial charge in [0, 0.05) is 10.9 Å². The van der Waals surface area contributed by atoms with E-state index in [4.69, 9.17) is 4.42 Å². The highest BCUT2D eigenvalue weighted by Gasteiger charge is 2.16. The number of halogens is 1. The number of hydrogen-bond donors (Lipinski definition) is 1. The third-order valence-corrected chi connectivity index (χ3v) is 4.36. The number of aromatic nitrogens is 1. The van der Waals surface area contributed by atoms with Crippen molar-refractivity contribution in [2.75, 3.05) is 0 Å². The number of amides is 1. The zero-order valence-electron chi connectivity index (χ0n) is 14.7. The first-order valence-corrected chi connectivity index (χ1v) is 8.59. The summed E-state index contributed by atoms with van der Waals surface area (Å²) in [5.74, 6) is 0.0209. The summed E-state index contributed by atoms with van der Waals surface area (Å²) < 4.78 is 19.5. The lowest BCUT2D eigenvalue weighted by Gasteiger charge is -2.11. The predicted molar refractivity (Wildman–Crippen MR) is 102 cm³/mol. The first-order valence-electron chi connectivity index (χ1n) is 8.59. The molecule has 0 aliphatic rings. The normalized spacial score (nSPS) is 10.9. The van der Waals surface area contributed by atoms with Gasteiger partial charge in [-0.25, -0.2) is 9.37 Å². The van der Waals surface area contributed by atoms with Crippen LogP contribution < -0.4 is 5.32 Å². The van der Waals surface area contributed by atoms with Crippen LogP contribution in [0.4, 0.5) is 4.39 Å². The van der Waals surface area contributed by atoms with Crippen molar-refractivity contribution < 1.29 is 13.6 Å². The molecule has 0 unspecified atom stereocenters. The van der Waals surface area contributed by atoms with E-state index in [1.54, 1.807) is 42.7 Å². The molecule has 4 nitrogen and oxygen atoms in total. The lowest BCUT2D eigenvalue weighted by Crippen LogP contribution is -2.23. The molecule has 0 atom stereocenters. The summed E-state index contributed by atoms with van der Waals surface area (Å²) in [7, 11) is 0. The van der Waals surface area contributed by atoms with Gasteiger partial charge in [0.15, 0.2) is 0 Å². The Kier molecular flexibility index (Phi) is 4.42. The van der Waals surface area contributed by atoms with E-state index in [-0.39, 0.29) is 18.3 Å². The number of carbonyl (C=O) groups excluding carboxylic acids is 1. The number of rotatable bonds is 4. The molecule has 2 aromatic heterocycles. The van der Waals surface area contributed by atoms with E-state index in [2.05, 4.69) is 10.3 Å². The fourth-order valence-corrected chi connectivity index (χ4v) is 3.01. The van der Waals surface area contributed by atoms with E-state index < -0.39 is 0 Å². The minimum Gasteiger partial charge on any atom is -0.467 e. The van der Waals surface area contributed by atoms with Gasteiger partial charge in [-0.1, -0.05) is 23.8 Å². The summed E-state index contributed by atoms with van der Waals surface area (Å²) in [6.07, 6.45) is 1.56. The molecule has 5 heteroatoms. The van der Waals surface area contributed by atoms with Gasteiger partial charge in [0.05, 0.1) is 29.6 Å². The number of benzene rings is 2. The molecular weight excluding hydrogens is 343 g/mol. The molecule has 2 heterocycles. The molecule has 134 valence electrons. The zero-order chi connectivity index (χ0) is 18.8. The van der Waals surface area contributed by atoms with Crippen LogP contribution in [0.1, 0.15) is 21.7 Å². The first-order chi connectivity index (χ1) is 13.1. The van der Waals surface area contributed by atoms with Crippen molar-refractivity contribution in [1.82, 2.24) is 10.3 Å². The van der Waals surface area contributed by atoms with Crippen LogP contribution in [0.5, 0.6) is 0 Å². The molecule has 0 aliphatic carbocycles. The Morgan fingerprint density at radius 1 is 1.11 bits per heavy atom. The zero-order valence-corrected chi connectivity index (χ0v) is 14.7. The van der Waals surface area contributed by atoms with Gasteiger partial charge in [0.25, 0.3) is 5.91 Å². The van der Waals surface area contributed by atoms with Crippen LogP contribution in [0, 0.1) is 12.7 Å². The number of fused-ring (bicyclic) bond motifs is 1. The van der Waals surface area contributed by atoms with Crippen LogP contribution in [0.25, 0.3) is 22.2 Å². The van der Waals surface area contributed by atoms with Crippen LogP contribution in [-0.4, -0.2) is 10.9 Å². The second kappa shape index (κ2) is 7.03. The van der Waals surface area contributed by atoms with Gasteiger partial charge in [0.1, 0.15) is 11.6 Å². The summed E-state index contributed by atoms with van der Waals surface area (Å²) in [4.78, 5) is 17.4. The van der Waals surface area contributed by atoms with Crippen molar-refractivity contribution in [3.63, 3.8) is 0 Å². The Morgan fingerprint density at radius 2 is 1.96 bits per heavy atom. The molecule has 4 aromatic rings. The van der Waals surface area contributed by atoms with Crippen molar-refractivity contribution >= 4 is 16.8 Å². The van der Waals surface area contributed by atoms with E-state index in [1.807, 2.05) is 25.1 Å². The average molecular weight is 360 g/mol. The standard InChI is InChI=1S/C22H17FN2O2/c1-14-8-9-20-17(11-14)18(22(26)24-13-15-5-4-10-27-15)12-21(25-20)16-6-2-3-7-19(16)23/h2-12H,13H2,1H3,(H,24,26). The fraction of sp³-hybridized carbons (Fsp3) is 0.0909. The minimum absolute atomic E-state index is 0.262. The summed E-state index contributed by atoms with van der Waals surface area (Å²) >= 11 is 0. The molecule has 4 rings (SSSR count). The Morgan fingerprint density at radius 3 is 2.74 bits per heavy atom. The number of hydrogen-bond acceptors (Lipinski definition) is 3. The van der Waals surface area contributed by atoms with Gasteiger partial charge >= 0.3 is 0 Å². The molecular formula is C22H17FN2O2. The number of aryl methyl sites for hydroxylation is 1. The van der Waals surface area contributed by atoms with E-state index in [9.17, 15) is 9.18 Å². The maximum Gasteiger partial charge on any atom is 0.252 e. The summed E-state index contributed by atoms with van der Waals surface area (Å²) in [5, 5.41) is 3.58. The Labute approximate surface area is 155 Å². The van der Waals surface area contributed by atoms with Gasteiger partial charge in [0.2, 0.25) is 0 Å². The molecule has 27 heavy (non-hydrogen) atoms. The molecule has 0 fully saturated rings. The average Bonchev–Trinajstić information content (AvgIpc) is 3.19. The van der Waals surface area contributed by atoms with Gasteiger partial charge in [-0.05, 0) is 49.4 Å². The summed E-state index contributed by atoms with van der Waals surface area (Å²) in [6.45, 7) is 2.23. The Balaban J connectivity index is 1.80. The highest BCUT2D eigenvalue weighted by atomic mass is 19.1. The van der Waals surface area contributed by atoms with Crippen molar-refractivity contribution in [1.29, 1.82) is 0 Å². The SMILES string of the molecule is Cc1ccc2nc(-c3ccccc3F)cc(C(=O)NCc3ccco3)c2c1. The lowest BCUT2D eigenvalue weighted by atomic mass is 10.0. The summed E-state index contributed by atoms with van der Waals surface area (Å²) in [5.41, 5.74) is 2.90. The van der Waals surface area contributed by atoms with Gasteiger partial charge < -0.3 is 9.73 Å². The van der Waals surface area contributed by atoms with E-state index in [1.165, 1.54) is 6.07 Å².